The molecule has 0 aliphatic heterocycles. The average Bonchev–Trinajstić information content (AvgIpc) is 3.38. The summed E-state index contributed by atoms with van der Waals surface area (Å²) in [5.41, 5.74) is 3.58. The summed E-state index contributed by atoms with van der Waals surface area (Å²) in [6.07, 6.45) is 4.39. The molecule has 8 heteroatoms. The molecule has 37 heavy (non-hydrogen) atoms. The van der Waals surface area contributed by atoms with Crippen LogP contribution in [0.4, 0.5) is 17.6 Å². The molecule has 0 aliphatic rings. The topological polar surface area (TPSA) is 89.8 Å². The summed E-state index contributed by atoms with van der Waals surface area (Å²) >= 11 is 0. The van der Waals surface area contributed by atoms with Crippen molar-refractivity contribution in [2.75, 3.05) is 24.3 Å². The molecule has 182 valence electrons. The Bertz CT molecular complexity index is 1660. The Morgan fingerprint density at radius 2 is 1.62 bits per heavy atom. The summed E-state index contributed by atoms with van der Waals surface area (Å²) in [4.78, 5) is 18.9. The van der Waals surface area contributed by atoms with E-state index < -0.39 is 0 Å². The lowest BCUT2D eigenvalue weighted by atomic mass is 10.1. The summed E-state index contributed by atoms with van der Waals surface area (Å²) in [5.74, 6) is 2.66. The zero-order chi connectivity index (χ0) is 25.0. The third kappa shape index (κ3) is 4.64. The highest BCUT2D eigenvalue weighted by Crippen LogP contribution is 2.27. The van der Waals surface area contributed by atoms with Crippen molar-refractivity contribution in [2.45, 2.75) is 6.42 Å². The Hall–Kier alpha value is -4.98. The molecule has 6 aromatic rings. The average molecular weight is 488 g/mol. The maximum Gasteiger partial charge on any atom is 0.232 e. The second kappa shape index (κ2) is 9.94. The van der Waals surface area contributed by atoms with E-state index in [1.165, 1.54) is 5.56 Å². The lowest BCUT2D eigenvalue weighted by Crippen LogP contribution is -2.10. The number of hydrogen-bond donors (Lipinski definition) is 2. The van der Waals surface area contributed by atoms with Gasteiger partial charge in [0.15, 0.2) is 17.0 Å². The van der Waals surface area contributed by atoms with Crippen molar-refractivity contribution in [1.29, 1.82) is 0 Å². The molecular weight excluding hydrogens is 462 g/mol. The number of hydrogen-bond acceptors (Lipinski definition) is 7. The van der Waals surface area contributed by atoms with Gasteiger partial charge in [0.2, 0.25) is 5.95 Å². The number of para-hydroxylation sites is 1. The molecule has 0 unspecified atom stereocenters. The van der Waals surface area contributed by atoms with Crippen molar-refractivity contribution in [2.24, 2.45) is 0 Å². The van der Waals surface area contributed by atoms with Gasteiger partial charge in [-0.05, 0) is 47.7 Å². The van der Waals surface area contributed by atoms with Gasteiger partial charge in [0.25, 0.3) is 0 Å². The van der Waals surface area contributed by atoms with Crippen molar-refractivity contribution in [1.82, 2.24) is 24.5 Å². The van der Waals surface area contributed by atoms with Gasteiger partial charge in [-0.25, -0.2) is 9.97 Å². The Labute approximate surface area is 214 Å². The molecule has 8 nitrogen and oxygen atoms in total. The first-order valence-corrected chi connectivity index (χ1v) is 12.1. The van der Waals surface area contributed by atoms with Gasteiger partial charge >= 0.3 is 0 Å². The Balaban J connectivity index is 1.36. The van der Waals surface area contributed by atoms with E-state index in [1.807, 2.05) is 71.3 Å². The third-order valence-corrected chi connectivity index (χ3v) is 6.20. The lowest BCUT2D eigenvalue weighted by molar-refractivity contribution is 0.414. The number of imidazole rings is 1. The van der Waals surface area contributed by atoms with Crippen LogP contribution in [0.3, 0.4) is 0 Å². The van der Waals surface area contributed by atoms with E-state index in [9.17, 15) is 0 Å². The molecule has 0 aliphatic carbocycles. The Morgan fingerprint density at radius 3 is 2.46 bits per heavy atom. The molecule has 3 aromatic carbocycles. The van der Waals surface area contributed by atoms with Crippen LogP contribution in [-0.2, 0) is 6.42 Å². The first kappa shape index (κ1) is 22.5. The first-order chi connectivity index (χ1) is 18.3. The van der Waals surface area contributed by atoms with Gasteiger partial charge in [0.05, 0.1) is 7.11 Å². The molecule has 0 saturated carbocycles. The largest absolute Gasteiger partial charge is 0.497 e. The number of pyridine rings is 1. The molecule has 3 heterocycles. The van der Waals surface area contributed by atoms with Gasteiger partial charge in [-0.15, -0.1) is 0 Å². The molecule has 6 rings (SSSR count). The van der Waals surface area contributed by atoms with Crippen molar-refractivity contribution >= 4 is 39.5 Å². The molecule has 0 radical (unpaired) electrons. The van der Waals surface area contributed by atoms with E-state index in [2.05, 4.69) is 38.8 Å². The van der Waals surface area contributed by atoms with Crippen LogP contribution in [-0.4, -0.2) is 38.2 Å². The van der Waals surface area contributed by atoms with Crippen LogP contribution in [0.25, 0.3) is 27.6 Å². The number of fused-ring (bicyclic) bond motifs is 2. The van der Waals surface area contributed by atoms with Crippen molar-refractivity contribution in [3.05, 3.63) is 103 Å². The zero-order valence-electron chi connectivity index (χ0n) is 20.3. The quantitative estimate of drug-likeness (QED) is 0.282. The molecule has 3 aromatic heterocycles. The molecule has 0 fully saturated rings. The van der Waals surface area contributed by atoms with Gasteiger partial charge in [-0.1, -0.05) is 54.6 Å². The highest BCUT2D eigenvalue weighted by atomic mass is 16.5. The van der Waals surface area contributed by atoms with Gasteiger partial charge in [-0.2, -0.15) is 9.97 Å². The molecule has 0 saturated heterocycles. The number of benzene rings is 3. The summed E-state index contributed by atoms with van der Waals surface area (Å²) in [5, 5.41) is 8.90. The molecule has 0 spiro atoms. The number of rotatable bonds is 8. The van der Waals surface area contributed by atoms with E-state index in [-0.39, 0.29) is 0 Å². The second-order valence-corrected chi connectivity index (χ2v) is 8.55. The van der Waals surface area contributed by atoms with E-state index in [0.717, 1.165) is 28.6 Å². The number of nitrogens with one attached hydrogen (secondary N) is 2. The molecule has 0 amide bonds. The van der Waals surface area contributed by atoms with Crippen LogP contribution in [0.2, 0.25) is 0 Å². The van der Waals surface area contributed by atoms with Gasteiger partial charge in [0.1, 0.15) is 17.9 Å². The van der Waals surface area contributed by atoms with Crippen molar-refractivity contribution < 1.29 is 4.74 Å². The van der Waals surface area contributed by atoms with Crippen molar-refractivity contribution in [3.8, 4) is 11.4 Å². The Morgan fingerprint density at radius 1 is 0.811 bits per heavy atom. The van der Waals surface area contributed by atoms with Crippen LogP contribution < -0.4 is 15.4 Å². The molecule has 0 bridgehead atoms. The fraction of sp³-hybridized carbons (Fsp3) is 0.103. The minimum Gasteiger partial charge on any atom is -0.497 e. The van der Waals surface area contributed by atoms with Gasteiger partial charge in [-0.3, -0.25) is 4.57 Å². The van der Waals surface area contributed by atoms with E-state index in [0.29, 0.717) is 35.3 Å². The maximum absolute atomic E-state index is 5.26. The van der Waals surface area contributed by atoms with Crippen LogP contribution >= 0.6 is 0 Å². The first-order valence-electron chi connectivity index (χ1n) is 12.1. The monoisotopic (exact) mass is 487 g/mol. The number of anilines is 3. The Kier molecular flexibility index (Phi) is 6.04. The third-order valence-electron chi connectivity index (χ3n) is 6.20. The summed E-state index contributed by atoms with van der Waals surface area (Å²) < 4.78 is 7.23. The molecule has 2 N–H and O–H groups in total. The molecule has 0 atom stereocenters. The normalized spacial score (nSPS) is 11.1. The summed E-state index contributed by atoms with van der Waals surface area (Å²) in [6.45, 7) is 0.683. The highest BCUT2D eigenvalue weighted by Gasteiger charge is 2.15. The second-order valence-electron chi connectivity index (χ2n) is 8.55. The van der Waals surface area contributed by atoms with Gasteiger partial charge in [0, 0.05) is 23.8 Å². The number of nitrogens with zero attached hydrogens (tertiary/aromatic N) is 5. The predicted octanol–water partition coefficient (Wildman–Crippen LogP) is 5.77. The van der Waals surface area contributed by atoms with Crippen LogP contribution in [0.1, 0.15) is 5.56 Å². The van der Waals surface area contributed by atoms with E-state index in [1.54, 1.807) is 19.6 Å². The highest BCUT2D eigenvalue weighted by molar-refractivity contribution is 5.93. The molecular formula is C29H25N7O. The minimum atomic E-state index is 0.445. The van der Waals surface area contributed by atoms with Crippen LogP contribution in [0, 0.1) is 0 Å². The smallest absolute Gasteiger partial charge is 0.232 e. The van der Waals surface area contributed by atoms with Crippen LogP contribution in [0.5, 0.6) is 5.75 Å². The zero-order valence-corrected chi connectivity index (χ0v) is 20.3. The van der Waals surface area contributed by atoms with E-state index in [4.69, 9.17) is 14.7 Å². The SMILES string of the molecule is COc1ccc(CCNc2nc(Nc3nccc4ccccc34)nc3c2ncn3-c2ccccc2)cc1. The number of methoxy groups -OCH3 is 1. The van der Waals surface area contributed by atoms with E-state index >= 15 is 0 Å². The summed E-state index contributed by atoms with van der Waals surface area (Å²) in [6, 6.07) is 28.2. The number of ether oxygens (including phenoxy) is 1. The fourth-order valence-electron chi connectivity index (χ4n) is 4.30. The van der Waals surface area contributed by atoms with Gasteiger partial charge < -0.3 is 15.4 Å². The van der Waals surface area contributed by atoms with Crippen molar-refractivity contribution in [3.63, 3.8) is 0 Å². The van der Waals surface area contributed by atoms with Crippen LogP contribution in [0.15, 0.2) is 97.5 Å². The predicted molar refractivity (Wildman–Crippen MR) is 147 cm³/mol. The standard InChI is InChI=1S/C29H25N7O/c1-37-23-13-11-20(12-14-23)15-17-31-27-25-28(36(19-32-25)22-8-3-2-4-9-22)35-29(34-27)33-26-24-10-6-5-7-21(24)16-18-30-26/h2-14,16,18-19H,15,17H2,1H3,(H2,30,31,33,34,35). The lowest BCUT2D eigenvalue weighted by Gasteiger charge is -2.12. The number of aromatic nitrogens is 5. The summed E-state index contributed by atoms with van der Waals surface area (Å²) in [7, 11) is 1.67. The minimum absolute atomic E-state index is 0.445. The maximum atomic E-state index is 5.26. The fourth-order valence-corrected chi connectivity index (χ4v) is 4.30.